The Morgan fingerprint density at radius 3 is 2.67 bits per heavy atom. The number of hydrogen-bond donors (Lipinski definition) is 0. The molecule has 2 amide bonds. The number of fused-ring (bicyclic) bond motifs is 1. The van der Waals surface area contributed by atoms with E-state index in [0.717, 1.165) is 24.8 Å². The van der Waals surface area contributed by atoms with Crippen molar-refractivity contribution in [2.45, 2.75) is 43.6 Å². The summed E-state index contributed by atoms with van der Waals surface area (Å²) in [5, 5.41) is 1.50. The standard InChI is InChI=1S/C21H23ClN2O2S/c1-14(22)21(26)24(16-7-8-16)13-19(25)23-11-9-18-17(10-12-27-18)20(23)15-5-3-2-4-6-15/h2-6,10,12,14,16,20H,7-9,11,13H2,1H3/t14-,20+/m0/s1. The number of alkyl halides is 1. The topological polar surface area (TPSA) is 40.6 Å². The quantitative estimate of drug-likeness (QED) is 0.713. The fraction of sp³-hybridized carbons (Fsp3) is 0.429. The van der Waals surface area contributed by atoms with Crippen molar-refractivity contribution in [2.75, 3.05) is 13.1 Å². The van der Waals surface area contributed by atoms with Gasteiger partial charge in [0.1, 0.15) is 11.9 Å². The van der Waals surface area contributed by atoms with Crippen LogP contribution in [-0.4, -0.2) is 46.1 Å². The molecule has 1 fully saturated rings. The average molecular weight is 403 g/mol. The molecule has 0 unspecified atom stereocenters. The summed E-state index contributed by atoms with van der Waals surface area (Å²) in [6.45, 7) is 2.47. The molecule has 1 aromatic carbocycles. The molecule has 1 aliphatic carbocycles. The number of thiophene rings is 1. The summed E-state index contributed by atoms with van der Waals surface area (Å²) >= 11 is 7.78. The normalized spacial score (nSPS) is 20.1. The zero-order valence-electron chi connectivity index (χ0n) is 15.3. The monoisotopic (exact) mass is 402 g/mol. The molecule has 4 rings (SSSR count). The van der Waals surface area contributed by atoms with E-state index >= 15 is 0 Å². The van der Waals surface area contributed by atoms with Crippen molar-refractivity contribution in [3.05, 3.63) is 57.8 Å². The predicted octanol–water partition coefficient (Wildman–Crippen LogP) is 3.84. The zero-order valence-corrected chi connectivity index (χ0v) is 16.9. The van der Waals surface area contributed by atoms with Crippen LogP contribution in [0.1, 0.15) is 41.8 Å². The fourth-order valence-electron chi connectivity index (χ4n) is 3.82. The molecule has 2 aromatic rings. The molecule has 1 saturated carbocycles. The molecule has 0 spiro atoms. The third-order valence-electron chi connectivity index (χ3n) is 5.32. The Morgan fingerprint density at radius 2 is 2.00 bits per heavy atom. The first-order chi connectivity index (χ1) is 13.1. The summed E-state index contributed by atoms with van der Waals surface area (Å²) in [5.74, 6) is -0.143. The number of carbonyl (C=O) groups is 2. The van der Waals surface area contributed by atoms with E-state index < -0.39 is 5.38 Å². The molecule has 2 atom stereocenters. The Hall–Kier alpha value is -1.85. The van der Waals surface area contributed by atoms with Crippen LogP contribution >= 0.6 is 22.9 Å². The number of hydrogen-bond acceptors (Lipinski definition) is 3. The Balaban J connectivity index is 1.61. The van der Waals surface area contributed by atoms with Crippen LogP contribution in [0.25, 0.3) is 0 Å². The molecular weight excluding hydrogens is 380 g/mol. The lowest BCUT2D eigenvalue weighted by atomic mass is 9.93. The summed E-state index contributed by atoms with van der Waals surface area (Å²) in [6.07, 6.45) is 2.78. The molecule has 4 nitrogen and oxygen atoms in total. The number of halogens is 1. The Morgan fingerprint density at radius 1 is 1.26 bits per heavy atom. The SMILES string of the molecule is C[C@H](Cl)C(=O)N(CC(=O)N1CCc2sccc2[C@H]1c1ccccc1)C1CC1. The van der Waals surface area contributed by atoms with Crippen LogP contribution in [0, 0.1) is 0 Å². The van der Waals surface area contributed by atoms with Gasteiger partial charge in [-0.1, -0.05) is 30.3 Å². The van der Waals surface area contributed by atoms with Gasteiger partial charge in [0.25, 0.3) is 0 Å². The minimum absolute atomic E-state index is 0.00160. The maximum atomic E-state index is 13.3. The molecule has 0 bridgehead atoms. The van der Waals surface area contributed by atoms with Crippen molar-refractivity contribution in [2.24, 2.45) is 0 Å². The molecule has 6 heteroatoms. The van der Waals surface area contributed by atoms with Gasteiger partial charge in [0.05, 0.1) is 6.04 Å². The Kier molecular flexibility index (Phi) is 5.24. The summed E-state index contributed by atoms with van der Waals surface area (Å²) in [7, 11) is 0. The van der Waals surface area contributed by atoms with Crippen LogP contribution in [0.2, 0.25) is 0 Å². The van der Waals surface area contributed by atoms with Crippen LogP contribution in [0.15, 0.2) is 41.8 Å². The van der Waals surface area contributed by atoms with E-state index in [1.165, 1.54) is 10.4 Å². The minimum atomic E-state index is -0.604. The van der Waals surface area contributed by atoms with Gasteiger partial charge < -0.3 is 9.80 Å². The highest BCUT2D eigenvalue weighted by atomic mass is 35.5. The van der Waals surface area contributed by atoms with Gasteiger partial charge in [-0.2, -0.15) is 0 Å². The smallest absolute Gasteiger partial charge is 0.243 e. The molecule has 2 aliphatic rings. The van der Waals surface area contributed by atoms with E-state index in [1.807, 2.05) is 23.1 Å². The first-order valence-corrected chi connectivity index (χ1v) is 10.7. The molecule has 1 aromatic heterocycles. The molecule has 0 N–H and O–H groups in total. The van der Waals surface area contributed by atoms with E-state index in [-0.39, 0.29) is 30.4 Å². The van der Waals surface area contributed by atoms with Gasteiger partial charge >= 0.3 is 0 Å². The van der Waals surface area contributed by atoms with Gasteiger partial charge in [-0.3, -0.25) is 9.59 Å². The lowest BCUT2D eigenvalue weighted by Gasteiger charge is -2.37. The number of benzene rings is 1. The molecule has 142 valence electrons. The summed E-state index contributed by atoms with van der Waals surface area (Å²) in [4.78, 5) is 30.7. The zero-order chi connectivity index (χ0) is 19.0. The van der Waals surface area contributed by atoms with Crippen molar-refractivity contribution < 1.29 is 9.59 Å². The first kappa shape index (κ1) is 18.5. The van der Waals surface area contributed by atoms with Gasteiger partial charge in [-0.05, 0) is 48.8 Å². The van der Waals surface area contributed by atoms with E-state index in [2.05, 4.69) is 23.6 Å². The molecule has 1 aliphatic heterocycles. The predicted molar refractivity (Wildman–Crippen MR) is 108 cm³/mol. The minimum Gasteiger partial charge on any atom is -0.330 e. The second-order valence-electron chi connectivity index (χ2n) is 7.26. The lowest BCUT2D eigenvalue weighted by Crippen LogP contribution is -2.48. The van der Waals surface area contributed by atoms with Gasteiger partial charge in [0, 0.05) is 17.5 Å². The van der Waals surface area contributed by atoms with Gasteiger partial charge in [0.2, 0.25) is 11.8 Å². The van der Waals surface area contributed by atoms with Gasteiger partial charge in [-0.15, -0.1) is 22.9 Å². The third kappa shape index (κ3) is 3.76. The van der Waals surface area contributed by atoms with Crippen LogP contribution in [-0.2, 0) is 16.0 Å². The number of carbonyl (C=O) groups excluding carboxylic acids is 2. The van der Waals surface area contributed by atoms with Crippen molar-refractivity contribution in [3.63, 3.8) is 0 Å². The largest absolute Gasteiger partial charge is 0.330 e. The van der Waals surface area contributed by atoms with Crippen molar-refractivity contribution in [3.8, 4) is 0 Å². The molecule has 0 saturated heterocycles. The average Bonchev–Trinajstić information content (AvgIpc) is 3.41. The molecular formula is C21H23ClN2O2S. The van der Waals surface area contributed by atoms with Gasteiger partial charge in [0.15, 0.2) is 0 Å². The van der Waals surface area contributed by atoms with Crippen molar-refractivity contribution in [1.29, 1.82) is 0 Å². The van der Waals surface area contributed by atoms with Crippen LogP contribution < -0.4 is 0 Å². The van der Waals surface area contributed by atoms with Gasteiger partial charge in [-0.25, -0.2) is 0 Å². The summed E-state index contributed by atoms with van der Waals surface area (Å²) < 4.78 is 0. The highest BCUT2D eigenvalue weighted by Crippen LogP contribution is 2.38. The van der Waals surface area contributed by atoms with E-state index in [9.17, 15) is 9.59 Å². The summed E-state index contributed by atoms with van der Waals surface area (Å²) in [6, 6.07) is 12.4. The van der Waals surface area contributed by atoms with E-state index in [1.54, 1.807) is 23.2 Å². The second-order valence-corrected chi connectivity index (χ2v) is 8.92. The number of amides is 2. The van der Waals surface area contributed by atoms with Crippen LogP contribution in [0.3, 0.4) is 0 Å². The van der Waals surface area contributed by atoms with Crippen LogP contribution in [0.4, 0.5) is 0 Å². The molecule has 27 heavy (non-hydrogen) atoms. The first-order valence-electron chi connectivity index (χ1n) is 9.41. The van der Waals surface area contributed by atoms with Crippen molar-refractivity contribution in [1.82, 2.24) is 9.80 Å². The summed E-state index contributed by atoms with van der Waals surface area (Å²) in [5.41, 5.74) is 2.32. The van der Waals surface area contributed by atoms with E-state index in [0.29, 0.717) is 6.54 Å². The van der Waals surface area contributed by atoms with Crippen molar-refractivity contribution >= 4 is 34.8 Å². The second kappa shape index (κ2) is 7.64. The number of nitrogens with zero attached hydrogens (tertiary/aromatic N) is 2. The van der Waals surface area contributed by atoms with E-state index in [4.69, 9.17) is 11.6 Å². The Bertz CT molecular complexity index is 832. The maximum absolute atomic E-state index is 13.3. The maximum Gasteiger partial charge on any atom is 0.243 e. The number of rotatable bonds is 5. The fourth-order valence-corrected chi connectivity index (χ4v) is 4.85. The van der Waals surface area contributed by atoms with Crippen LogP contribution in [0.5, 0.6) is 0 Å². The lowest BCUT2D eigenvalue weighted by molar-refractivity contribution is -0.141. The molecule has 2 heterocycles. The highest BCUT2D eigenvalue weighted by molar-refractivity contribution is 7.10. The molecule has 0 radical (unpaired) electrons. The highest BCUT2D eigenvalue weighted by Gasteiger charge is 2.38. The third-order valence-corrected chi connectivity index (χ3v) is 6.50. The Labute approximate surface area is 168 Å².